The topological polar surface area (TPSA) is 86.2 Å². The molecule has 0 unspecified atom stereocenters. The summed E-state index contributed by atoms with van der Waals surface area (Å²) < 4.78 is 0. The van der Waals surface area contributed by atoms with Crippen molar-refractivity contribution in [2.75, 3.05) is 0 Å². The van der Waals surface area contributed by atoms with Gasteiger partial charge in [0.05, 0.1) is 10.6 Å². The molecule has 0 aliphatic rings. The number of rotatable bonds is 6. The molecule has 0 rings (SSSR count). The van der Waals surface area contributed by atoms with Gasteiger partial charge in [-0.05, 0) is 19.4 Å². The fourth-order valence-corrected chi connectivity index (χ4v) is 0.963. The Morgan fingerprint density at radius 3 is 2.29 bits per heavy atom. The average Bonchev–Trinajstić information content (AvgIpc) is 2.34. The fourth-order valence-electron chi connectivity index (χ4n) is 0.963. The van der Waals surface area contributed by atoms with Gasteiger partial charge in [0.25, 0.3) is 5.70 Å². The lowest BCUT2D eigenvalue weighted by molar-refractivity contribution is -0.419. The van der Waals surface area contributed by atoms with Crippen molar-refractivity contribution in [3.63, 3.8) is 0 Å². The van der Waals surface area contributed by atoms with Gasteiger partial charge in [0.2, 0.25) is 0 Å². The molecule has 2 N–H and O–H groups in total. The predicted molar refractivity (Wildman–Crippen MR) is 68.9 cm³/mol. The van der Waals surface area contributed by atoms with E-state index in [2.05, 4.69) is 0 Å². The van der Waals surface area contributed by atoms with Crippen molar-refractivity contribution in [1.82, 2.24) is 0 Å². The van der Waals surface area contributed by atoms with Crippen LogP contribution >= 0.6 is 0 Å². The molecule has 0 amide bonds. The maximum Gasteiger partial charge on any atom is 0.267 e. The summed E-state index contributed by atoms with van der Waals surface area (Å²) in [5, 5.41) is 10.4. The van der Waals surface area contributed by atoms with Gasteiger partial charge in [-0.1, -0.05) is 27.2 Å². The van der Waals surface area contributed by atoms with Crippen LogP contribution < -0.4 is 5.73 Å². The Hall–Kier alpha value is -1.65. The third-order valence-corrected chi connectivity index (χ3v) is 1.89. The highest BCUT2D eigenvalue weighted by Crippen LogP contribution is 2.04. The van der Waals surface area contributed by atoms with Crippen molar-refractivity contribution in [2.24, 2.45) is 5.73 Å². The number of hydrogen-bond acceptors (Lipinski definition) is 4. The summed E-state index contributed by atoms with van der Waals surface area (Å²) in [5.41, 5.74) is 5.24. The molecular weight excluding hydrogens is 220 g/mol. The largest absolute Gasteiger partial charge is 0.396 e. The van der Waals surface area contributed by atoms with E-state index in [0.29, 0.717) is 6.42 Å². The van der Waals surface area contributed by atoms with Crippen LogP contribution in [0, 0.1) is 10.1 Å². The van der Waals surface area contributed by atoms with Crippen molar-refractivity contribution in [3.8, 4) is 0 Å². The quantitative estimate of drug-likeness (QED) is 0.336. The number of nitrogens with two attached hydrogens (primary N) is 1. The number of nitrogens with zero attached hydrogens (tertiary/aromatic N) is 1. The molecule has 0 saturated heterocycles. The van der Waals surface area contributed by atoms with Crippen molar-refractivity contribution in [1.29, 1.82) is 0 Å². The molecule has 5 heteroatoms. The summed E-state index contributed by atoms with van der Waals surface area (Å²) >= 11 is 0. The maximum atomic E-state index is 11.3. The first-order valence-corrected chi connectivity index (χ1v) is 5.84. The molecule has 0 atom stereocenters. The number of nitro groups is 1. The van der Waals surface area contributed by atoms with Gasteiger partial charge in [0.1, 0.15) is 0 Å². The maximum absolute atomic E-state index is 11.3. The van der Waals surface area contributed by atoms with Crippen molar-refractivity contribution in [3.05, 3.63) is 33.7 Å². The van der Waals surface area contributed by atoms with Gasteiger partial charge in [-0.3, -0.25) is 14.9 Å². The van der Waals surface area contributed by atoms with Crippen molar-refractivity contribution in [2.45, 2.75) is 47.0 Å². The smallest absolute Gasteiger partial charge is 0.267 e. The van der Waals surface area contributed by atoms with E-state index in [1.807, 2.05) is 20.8 Å². The molecule has 0 aliphatic carbocycles. The van der Waals surface area contributed by atoms with Gasteiger partial charge < -0.3 is 5.73 Å². The third-order valence-electron chi connectivity index (χ3n) is 1.89. The molecule has 17 heavy (non-hydrogen) atoms. The number of unbranched alkanes of at least 4 members (excludes halogenated alkanes) is 1. The Kier molecular flexibility index (Phi) is 11.3. The van der Waals surface area contributed by atoms with E-state index in [9.17, 15) is 14.9 Å². The van der Waals surface area contributed by atoms with E-state index in [1.165, 1.54) is 13.0 Å². The van der Waals surface area contributed by atoms with Crippen molar-refractivity contribution >= 4 is 5.78 Å². The summed E-state index contributed by atoms with van der Waals surface area (Å²) in [7, 11) is 0. The second-order valence-corrected chi connectivity index (χ2v) is 3.10. The van der Waals surface area contributed by atoms with Gasteiger partial charge in [0, 0.05) is 12.5 Å². The minimum absolute atomic E-state index is 0.0479. The Labute approximate surface area is 103 Å². The normalized spacial score (nSPS) is 11.5. The highest BCUT2D eigenvalue weighted by molar-refractivity contribution is 5.94. The van der Waals surface area contributed by atoms with Crippen LogP contribution in [0.1, 0.15) is 47.0 Å². The van der Waals surface area contributed by atoms with E-state index in [0.717, 1.165) is 18.9 Å². The molecule has 0 radical (unpaired) electrons. The monoisotopic (exact) mass is 242 g/mol. The van der Waals surface area contributed by atoms with Gasteiger partial charge in [-0.25, -0.2) is 0 Å². The molecule has 0 aromatic carbocycles. The molecule has 98 valence electrons. The molecule has 0 aromatic heterocycles. The summed E-state index contributed by atoms with van der Waals surface area (Å²) in [6.07, 6.45) is 4.40. The minimum atomic E-state index is -0.569. The first-order chi connectivity index (χ1) is 8.02. The molecule has 0 bridgehead atoms. The SMILES string of the molecule is C/C=C(\C=C(\N)C(=O)CCCC)[N+](=O)[O-].CC. The first-order valence-electron chi connectivity index (χ1n) is 5.84. The molecule has 0 aromatic rings. The van der Waals surface area contributed by atoms with Crippen LogP contribution in [0.4, 0.5) is 0 Å². The summed E-state index contributed by atoms with van der Waals surface area (Å²) in [5.74, 6) is -0.238. The number of hydrogen-bond donors (Lipinski definition) is 1. The molecule has 0 spiro atoms. The van der Waals surface area contributed by atoms with Gasteiger partial charge >= 0.3 is 0 Å². The van der Waals surface area contributed by atoms with Crippen molar-refractivity contribution < 1.29 is 9.72 Å². The van der Waals surface area contributed by atoms with E-state index in [-0.39, 0.29) is 17.2 Å². The van der Waals surface area contributed by atoms with Crippen LogP contribution in [-0.2, 0) is 4.79 Å². The zero-order valence-corrected chi connectivity index (χ0v) is 11.0. The van der Waals surface area contributed by atoms with Crippen LogP contribution in [0.15, 0.2) is 23.5 Å². The number of Topliss-reactive ketones (excluding diaryl/α,β-unsaturated/α-hetero) is 1. The number of ketones is 1. The second kappa shape index (κ2) is 10.9. The number of carbonyl (C=O) groups excluding carboxylic acids is 1. The molecule has 5 nitrogen and oxygen atoms in total. The van der Waals surface area contributed by atoms with Crippen LogP contribution in [0.3, 0.4) is 0 Å². The highest BCUT2D eigenvalue weighted by atomic mass is 16.6. The molecular formula is C12H22N2O3. The second-order valence-electron chi connectivity index (χ2n) is 3.10. The van der Waals surface area contributed by atoms with E-state index >= 15 is 0 Å². The average molecular weight is 242 g/mol. The number of carbonyl (C=O) groups is 1. The summed E-state index contributed by atoms with van der Waals surface area (Å²) in [4.78, 5) is 21.2. The zero-order valence-electron chi connectivity index (χ0n) is 11.0. The molecule has 0 heterocycles. The number of allylic oxidation sites excluding steroid dienone is 3. The lowest BCUT2D eigenvalue weighted by atomic mass is 10.1. The zero-order chi connectivity index (χ0) is 13.8. The first kappa shape index (κ1) is 17.7. The minimum Gasteiger partial charge on any atom is -0.396 e. The van der Waals surface area contributed by atoms with Gasteiger partial charge in [0.15, 0.2) is 5.78 Å². The molecule has 0 aliphatic heterocycles. The molecule has 0 saturated carbocycles. The van der Waals surface area contributed by atoms with Gasteiger partial charge in [-0.2, -0.15) is 0 Å². The molecule has 0 fully saturated rings. The fraction of sp³-hybridized carbons (Fsp3) is 0.583. The van der Waals surface area contributed by atoms with E-state index < -0.39 is 4.92 Å². The summed E-state index contributed by atoms with van der Waals surface area (Å²) in [6, 6.07) is 0. The Morgan fingerprint density at radius 2 is 1.94 bits per heavy atom. The standard InChI is InChI=1S/C10H16N2O3.C2H6/c1-3-5-6-10(13)9(11)7-8(4-2)12(14)15;1-2/h4,7H,3,5-6,11H2,1-2H3;1-2H3/b8-4+,9-7+;. The van der Waals surface area contributed by atoms with Crippen LogP contribution in [-0.4, -0.2) is 10.7 Å². The van der Waals surface area contributed by atoms with Crippen LogP contribution in [0.2, 0.25) is 0 Å². The Bertz CT molecular complexity index is 307. The van der Waals surface area contributed by atoms with E-state index in [1.54, 1.807) is 0 Å². The highest BCUT2D eigenvalue weighted by Gasteiger charge is 2.10. The van der Waals surface area contributed by atoms with Gasteiger partial charge in [-0.15, -0.1) is 0 Å². The van der Waals surface area contributed by atoms with Crippen LogP contribution in [0.5, 0.6) is 0 Å². The lowest BCUT2D eigenvalue weighted by Gasteiger charge is -1.98. The predicted octanol–water partition coefficient (Wildman–Crippen LogP) is 2.80. The lowest BCUT2D eigenvalue weighted by Crippen LogP contribution is -2.12. The Morgan fingerprint density at radius 1 is 1.41 bits per heavy atom. The van der Waals surface area contributed by atoms with E-state index in [4.69, 9.17) is 5.73 Å². The van der Waals surface area contributed by atoms with Crippen LogP contribution in [0.25, 0.3) is 0 Å². The Balaban J connectivity index is 0. The summed E-state index contributed by atoms with van der Waals surface area (Å²) in [6.45, 7) is 7.49. The third kappa shape index (κ3) is 8.19.